The number of nitro benzene ring substituents is 1. The fourth-order valence-corrected chi connectivity index (χ4v) is 2.34. The Balaban J connectivity index is 2.41. The molecule has 1 heterocycles. The molecule has 20 heavy (non-hydrogen) atoms. The van der Waals surface area contributed by atoms with Crippen LogP contribution >= 0.6 is 11.8 Å². The highest BCUT2D eigenvalue weighted by atomic mass is 32.2. The van der Waals surface area contributed by atoms with E-state index in [2.05, 4.69) is 10.1 Å². The Kier molecular flexibility index (Phi) is 4.16. The van der Waals surface area contributed by atoms with E-state index in [0.717, 1.165) is 0 Å². The first kappa shape index (κ1) is 13.8. The second-order valence-electron chi connectivity index (χ2n) is 3.69. The van der Waals surface area contributed by atoms with E-state index in [1.165, 1.54) is 17.8 Å². The lowest BCUT2D eigenvalue weighted by Gasteiger charge is -2.04. The molecule has 0 saturated carbocycles. The SMILES string of the molecule is NC(=NO)c1ccc(Sc2ccccn2)c([N+](=O)[O-])c1. The van der Waals surface area contributed by atoms with Crippen molar-refractivity contribution in [3.05, 3.63) is 58.3 Å². The number of hydrogen-bond acceptors (Lipinski definition) is 6. The van der Waals surface area contributed by atoms with Crippen LogP contribution in [-0.4, -0.2) is 21.0 Å². The van der Waals surface area contributed by atoms with Gasteiger partial charge in [-0.25, -0.2) is 4.98 Å². The van der Waals surface area contributed by atoms with E-state index in [0.29, 0.717) is 9.92 Å². The number of oxime groups is 1. The summed E-state index contributed by atoms with van der Waals surface area (Å²) < 4.78 is 0. The molecule has 0 amide bonds. The number of pyridine rings is 1. The molecule has 3 N–H and O–H groups in total. The Morgan fingerprint density at radius 2 is 2.20 bits per heavy atom. The highest BCUT2D eigenvalue weighted by Crippen LogP contribution is 2.34. The molecule has 0 aliphatic rings. The zero-order valence-corrected chi connectivity index (χ0v) is 10.9. The van der Waals surface area contributed by atoms with Crippen molar-refractivity contribution in [1.82, 2.24) is 4.98 Å². The fraction of sp³-hybridized carbons (Fsp3) is 0. The molecule has 0 aliphatic carbocycles. The number of nitrogens with two attached hydrogens (primary N) is 1. The van der Waals surface area contributed by atoms with Gasteiger partial charge < -0.3 is 10.9 Å². The maximum atomic E-state index is 11.1. The molecule has 0 spiro atoms. The molecule has 102 valence electrons. The third-order valence-corrected chi connectivity index (χ3v) is 3.43. The average Bonchev–Trinajstić information content (AvgIpc) is 2.47. The van der Waals surface area contributed by atoms with Gasteiger partial charge in [0.25, 0.3) is 5.69 Å². The maximum absolute atomic E-state index is 11.1. The van der Waals surface area contributed by atoms with Crippen molar-refractivity contribution in [2.24, 2.45) is 10.9 Å². The number of amidine groups is 1. The largest absolute Gasteiger partial charge is 0.409 e. The molecule has 2 rings (SSSR count). The third-order valence-electron chi connectivity index (χ3n) is 2.41. The maximum Gasteiger partial charge on any atom is 0.284 e. The first-order valence-electron chi connectivity index (χ1n) is 5.47. The Morgan fingerprint density at radius 1 is 1.40 bits per heavy atom. The molecule has 0 bridgehead atoms. The quantitative estimate of drug-likeness (QED) is 0.293. The van der Waals surface area contributed by atoms with E-state index in [-0.39, 0.29) is 17.1 Å². The van der Waals surface area contributed by atoms with Crippen molar-refractivity contribution < 1.29 is 10.1 Å². The van der Waals surface area contributed by atoms with E-state index in [1.807, 2.05) is 0 Å². The fourth-order valence-electron chi connectivity index (χ4n) is 1.48. The summed E-state index contributed by atoms with van der Waals surface area (Å²) in [5.74, 6) is -0.178. The minimum atomic E-state index is -0.514. The highest BCUT2D eigenvalue weighted by molar-refractivity contribution is 7.99. The predicted molar refractivity (Wildman–Crippen MR) is 74.0 cm³/mol. The van der Waals surface area contributed by atoms with Crippen molar-refractivity contribution in [3.63, 3.8) is 0 Å². The molecule has 7 nitrogen and oxygen atoms in total. The summed E-state index contributed by atoms with van der Waals surface area (Å²) in [6.07, 6.45) is 1.61. The highest BCUT2D eigenvalue weighted by Gasteiger charge is 2.17. The molecule has 1 aromatic heterocycles. The first-order chi connectivity index (χ1) is 9.61. The number of nitrogens with zero attached hydrogens (tertiary/aromatic N) is 3. The van der Waals surface area contributed by atoms with Gasteiger partial charge in [-0.2, -0.15) is 0 Å². The van der Waals surface area contributed by atoms with Crippen LogP contribution in [0.1, 0.15) is 5.56 Å². The Hall–Kier alpha value is -2.61. The van der Waals surface area contributed by atoms with Gasteiger partial charge in [-0.1, -0.05) is 23.0 Å². The number of aromatic nitrogens is 1. The van der Waals surface area contributed by atoms with Crippen molar-refractivity contribution in [2.45, 2.75) is 9.92 Å². The Morgan fingerprint density at radius 3 is 2.80 bits per heavy atom. The van der Waals surface area contributed by atoms with Gasteiger partial charge >= 0.3 is 0 Å². The molecule has 8 heteroatoms. The van der Waals surface area contributed by atoms with Gasteiger partial charge in [-0.05, 0) is 24.3 Å². The number of benzene rings is 1. The monoisotopic (exact) mass is 290 g/mol. The number of hydrogen-bond donors (Lipinski definition) is 2. The van der Waals surface area contributed by atoms with Crippen molar-refractivity contribution in [1.29, 1.82) is 0 Å². The Labute approximate surface area is 118 Å². The minimum absolute atomic E-state index is 0.121. The molecule has 0 unspecified atom stereocenters. The van der Waals surface area contributed by atoms with Crippen LogP contribution in [0.4, 0.5) is 5.69 Å². The smallest absolute Gasteiger partial charge is 0.284 e. The van der Waals surface area contributed by atoms with Crippen LogP contribution in [0.5, 0.6) is 0 Å². The van der Waals surface area contributed by atoms with Gasteiger partial charge in [0.15, 0.2) is 5.84 Å². The second-order valence-corrected chi connectivity index (χ2v) is 4.76. The lowest BCUT2D eigenvalue weighted by atomic mass is 10.2. The van der Waals surface area contributed by atoms with Crippen molar-refractivity contribution in [3.8, 4) is 0 Å². The molecular formula is C12H10N4O3S. The van der Waals surface area contributed by atoms with E-state index in [4.69, 9.17) is 10.9 Å². The average molecular weight is 290 g/mol. The lowest BCUT2D eigenvalue weighted by molar-refractivity contribution is -0.387. The molecule has 0 atom stereocenters. The second kappa shape index (κ2) is 6.02. The van der Waals surface area contributed by atoms with Crippen LogP contribution in [-0.2, 0) is 0 Å². The number of rotatable bonds is 4. The van der Waals surface area contributed by atoms with E-state index in [9.17, 15) is 10.1 Å². The molecule has 0 saturated heterocycles. The molecule has 1 aromatic carbocycles. The van der Waals surface area contributed by atoms with Crippen LogP contribution in [0.2, 0.25) is 0 Å². The van der Waals surface area contributed by atoms with Crippen LogP contribution in [0.3, 0.4) is 0 Å². The summed E-state index contributed by atoms with van der Waals surface area (Å²) in [5, 5.41) is 23.2. The summed E-state index contributed by atoms with van der Waals surface area (Å²) in [4.78, 5) is 15.1. The van der Waals surface area contributed by atoms with Gasteiger partial charge in [-0.15, -0.1) is 0 Å². The zero-order valence-electron chi connectivity index (χ0n) is 10.1. The van der Waals surface area contributed by atoms with Crippen LogP contribution in [0.15, 0.2) is 57.7 Å². The third kappa shape index (κ3) is 3.04. The molecule has 0 fully saturated rings. The van der Waals surface area contributed by atoms with Crippen molar-refractivity contribution in [2.75, 3.05) is 0 Å². The van der Waals surface area contributed by atoms with E-state index < -0.39 is 4.92 Å². The Bertz CT molecular complexity index is 661. The van der Waals surface area contributed by atoms with Gasteiger partial charge in [0, 0.05) is 17.8 Å². The normalized spacial score (nSPS) is 11.3. The van der Waals surface area contributed by atoms with Crippen molar-refractivity contribution >= 4 is 23.3 Å². The summed E-state index contributed by atoms with van der Waals surface area (Å²) in [6.45, 7) is 0. The van der Waals surface area contributed by atoms with Crippen LogP contribution < -0.4 is 5.73 Å². The zero-order chi connectivity index (χ0) is 14.5. The summed E-state index contributed by atoms with van der Waals surface area (Å²) in [6, 6.07) is 9.68. The molecular weight excluding hydrogens is 280 g/mol. The van der Waals surface area contributed by atoms with Crippen LogP contribution in [0, 0.1) is 10.1 Å². The lowest BCUT2D eigenvalue weighted by Crippen LogP contribution is -2.13. The van der Waals surface area contributed by atoms with Gasteiger partial charge in [0.05, 0.1) is 9.82 Å². The molecule has 0 aliphatic heterocycles. The predicted octanol–water partition coefficient (Wildman–Crippen LogP) is 2.24. The summed E-state index contributed by atoms with van der Waals surface area (Å²) >= 11 is 1.17. The molecule has 2 aromatic rings. The van der Waals surface area contributed by atoms with Gasteiger partial charge in [-0.3, -0.25) is 10.1 Å². The summed E-state index contributed by atoms with van der Waals surface area (Å²) in [7, 11) is 0. The standard InChI is InChI=1S/C12H10N4O3S/c13-12(15-17)8-4-5-10(9(7-8)16(18)19)20-11-3-1-2-6-14-11/h1-7,17H,(H2,13,15). The van der Waals surface area contributed by atoms with E-state index in [1.54, 1.807) is 36.5 Å². The summed E-state index contributed by atoms with van der Waals surface area (Å²) in [5.41, 5.74) is 5.59. The minimum Gasteiger partial charge on any atom is -0.409 e. The van der Waals surface area contributed by atoms with Crippen LogP contribution in [0.25, 0.3) is 0 Å². The first-order valence-corrected chi connectivity index (χ1v) is 6.28. The molecule has 0 radical (unpaired) electrons. The number of nitro groups is 1. The van der Waals surface area contributed by atoms with Gasteiger partial charge in [0.2, 0.25) is 0 Å². The topological polar surface area (TPSA) is 115 Å². The van der Waals surface area contributed by atoms with E-state index >= 15 is 0 Å². The van der Waals surface area contributed by atoms with Gasteiger partial charge in [0.1, 0.15) is 5.03 Å².